The van der Waals surface area contributed by atoms with Crippen LogP contribution >= 0.6 is 0 Å². The zero-order valence-corrected chi connectivity index (χ0v) is 11.1. The van der Waals surface area contributed by atoms with Gasteiger partial charge in [0.05, 0.1) is 5.52 Å². The molecule has 1 heterocycles. The minimum absolute atomic E-state index is 0.239. The number of aromatic nitrogens is 2. The van der Waals surface area contributed by atoms with Crippen LogP contribution in [0.15, 0.2) is 18.2 Å². The molecule has 6 nitrogen and oxygen atoms in total. The van der Waals surface area contributed by atoms with Gasteiger partial charge in [0.1, 0.15) is 11.3 Å². The van der Waals surface area contributed by atoms with E-state index in [0.717, 1.165) is 37.0 Å². The maximum absolute atomic E-state index is 10.9. The van der Waals surface area contributed by atoms with Crippen molar-refractivity contribution in [1.29, 1.82) is 0 Å². The second-order valence-electron chi connectivity index (χ2n) is 5.32. The molecule has 1 aliphatic carbocycles. The molecular formula is C14H18N4O2. The number of hydrogen-bond acceptors (Lipinski definition) is 4. The number of H-pyrrole nitrogens is 1. The predicted molar refractivity (Wildman–Crippen MR) is 75.5 cm³/mol. The molecule has 1 amide bonds. The summed E-state index contributed by atoms with van der Waals surface area (Å²) in [5.41, 5.74) is 12.6. The Morgan fingerprint density at radius 1 is 1.40 bits per heavy atom. The van der Waals surface area contributed by atoms with E-state index >= 15 is 0 Å². The van der Waals surface area contributed by atoms with E-state index in [2.05, 4.69) is 9.97 Å². The Hall–Kier alpha value is -2.08. The number of amides is 1. The van der Waals surface area contributed by atoms with Crippen molar-refractivity contribution in [1.82, 2.24) is 9.97 Å². The van der Waals surface area contributed by atoms with Crippen molar-refractivity contribution >= 4 is 17.1 Å². The monoisotopic (exact) mass is 274 g/mol. The molecule has 5 N–H and O–H groups in total. The molecule has 0 aliphatic heterocycles. The SMILES string of the molecule is NC(=O)Oc1cccc2[nH]c([C@@H]3CCC[C@H](N)C3)nc12. The Bertz CT molecular complexity index is 637. The second-order valence-corrected chi connectivity index (χ2v) is 5.32. The summed E-state index contributed by atoms with van der Waals surface area (Å²) in [5, 5.41) is 0. The Balaban J connectivity index is 1.95. The molecule has 0 radical (unpaired) electrons. The van der Waals surface area contributed by atoms with Crippen molar-refractivity contribution in [2.75, 3.05) is 0 Å². The molecule has 106 valence electrons. The number of para-hydroxylation sites is 1. The molecule has 0 spiro atoms. The number of carbonyl (C=O) groups is 1. The van der Waals surface area contributed by atoms with Crippen molar-refractivity contribution in [2.45, 2.75) is 37.6 Å². The van der Waals surface area contributed by atoms with E-state index in [1.165, 1.54) is 0 Å². The molecule has 0 saturated heterocycles. The Labute approximate surface area is 116 Å². The summed E-state index contributed by atoms with van der Waals surface area (Å²) in [6.45, 7) is 0. The average molecular weight is 274 g/mol. The van der Waals surface area contributed by atoms with Gasteiger partial charge in [-0.15, -0.1) is 0 Å². The summed E-state index contributed by atoms with van der Waals surface area (Å²) < 4.78 is 4.98. The second kappa shape index (κ2) is 5.13. The normalized spacial score (nSPS) is 22.9. The first kappa shape index (κ1) is 12.9. The summed E-state index contributed by atoms with van der Waals surface area (Å²) in [7, 11) is 0. The maximum atomic E-state index is 10.9. The van der Waals surface area contributed by atoms with Gasteiger partial charge in [-0.2, -0.15) is 0 Å². The number of benzene rings is 1. The van der Waals surface area contributed by atoms with Gasteiger partial charge in [-0.05, 0) is 31.4 Å². The smallest absolute Gasteiger partial charge is 0.408 e. The van der Waals surface area contributed by atoms with Gasteiger partial charge in [0, 0.05) is 12.0 Å². The fourth-order valence-electron chi connectivity index (χ4n) is 2.88. The minimum Gasteiger partial charge on any atom is -0.408 e. The summed E-state index contributed by atoms with van der Waals surface area (Å²) in [4.78, 5) is 18.8. The van der Waals surface area contributed by atoms with Crippen LogP contribution in [0.1, 0.15) is 37.4 Å². The van der Waals surface area contributed by atoms with Crippen molar-refractivity contribution in [2.24, 2.45) is 11.5 Å². The molecule has 1 aliphatic rings. The fraction of sp³-hybridized carbons (Fsp3) is 0.429. The molecule has 1 fully saturated rings. The molecule has 0 bridgehead atoms. The van der Waals surface area contributed by atoms with Gasteiger partial charge in [0.2, 0.25) is 0 Å². The third-order valence-corrected chi connectivity index (χ3v) is 3.81. The quantitative estimate of drug-likeness (QED) is 0.778. The topological polar surface area (TPSA) is 107 Å². The molecule has 2 aromatic rings. The van der Waals surface area contributed by atoms with E-state index in [0.29, 0.717) is 17.2 Å². The lowest BCUT2D eigenvalue weighted by Gasteiger charge is -2.24. The highest BCUT2D eigenvalue weighted by Crippen LogP contribution is 2.33. The van der Waals surface area contributed by atoms with Gasteiger partial charge in [-0.3, -0.25) is 0 Å². The van der Waals surface area contributed by atoms with Crippen molar-refractivity contribution < 1.29 is 9.53 Å². The Kier molecular flexibility index (Phi) is 3.31. The lowest BCUT2D eigenvalue weighted by molar-refractivity contribution is 0.211. The van der Waals surface area contributed by atoms with Crippen LogP contribution in [0, 0.1) is 0 Å². The van der Waals surface area contributed by atoms with Crippen LogP contribution in [0.2, 0.25) is 0 Å². The molecule has 6 heteroatoms. The number of primary amides is 1. The number of hydrogen-bond donors (Lipinski definition) is 3. The van der Waals surface area contributed by atoms with Crippen molar-refractivity contribution in [3.8, 4) is 5.75 Å². The number of nitrogens with two attached hydrogens (primary N) is 2. The van der Waals surface area contributed by atoms with Crippen LogP contribution in [0.4, 0.5) is 4.79 Å². The van der Waals surface area contributed by atoms with Gasteiger partial charge in [0.15, 0.2) is 5.75 Å². The molecule has 1 aromatic heterocycles. The number of imidazole rings is 1. The van der Waals surface area contributed by atoms with Crippen LogP contribution < -0.4 is 16.2 Å². The highest BCUT2D eigenvalue weighted by atomic mass is 16.5. The van der Waals surface area contributed by atoms with Gasteiger partial charge < -0.3 is 21.2 Å². The third kappa shape index (κ3) is 2.46. The first-order chi connectivity index (χ1) is 9.63. The molecule has 0 unspecified atom stereocenters. The standard InChI is InChI=1S/C14H18N4O2/c15-9-4-1-3-8(7-9)13-17-10-5-2-6-11(12(10)18-13)20-14(16)19/h2,5-6,8-9H,1,3-4,7,15H2,(H2,16,19)(H,17,18)/t8-,9+/m1/s1. The molecule has 2 atom stereocenters. The molecule has 1 saturated carbocycles. The van der Waals surface area contributed by atoms with E-state index in [-0.39, 0.29) is 6.04 Å². The summed E-state index contributed by atoms with van der Waals surface area (Å²) in [6, 6.07) is 5.63. The van der Waals surface area contributed by atoms with Gasteiger partial charge in [-0.25, -0.2) is 9.78 Å². The predicted octanol–water partition coefficient (Wildman–Crippen LogP) is 2.01. The Morgan fingerprint density at radius 3 is 3.00 bits per heavy atom. The van der Waals surface area contributed by atoms with Crippen molar-refractivity contribution in [3.05, 3.63) is 24.0 Å². The highest BCUT2D eigenvalue weighted by Gasteiger charge is 2.24. The number of ether oxygens (including phenoxy) is 1. The Morgan fingerprint density at radius 2 is 2.25 bits per heavy atom. The first-order valence-corrected chi connectivity index (χ1v) is 6.85. The van der Waals surface area contributed by atoms with E-state index in [1.807, 2.05) is 6.07 Å². The number of aromatic amines is 1. The number of fused-ring (bicyclic) bond motifs is 1. The number of nitrogens with zero attached hydrogens (tertiary/aromatic N) is 1. The zero-order valence-electron chi connectivity index (χ0n) is 11.1. The number of rotatable bonds is 2. The van der Waals surface area contributed by atoms with E-state index < -0.39 is 6.09 Å². The summed E-state index contributed by atoms with van der Waals surface area (Å²) >= 11 is 0. The van der Waals surface area contributed by atoms with Crippen LogP contribution in [0.5, 0.6) is 5.75 Å². The van der Waals surface area contributed by atoms with E-state index in [9.17, 15) is 4.79 Å². The maximum Gasteiger partial charge on any atom is 0.410 e. The number of carbonyl (C=O) groups excluding carboxylic acids is 1. The van der Waals surface area contributed by atoms with Crippen LogP contribution in [-0.2, 0) is 0 Å². The molecular weight excluding hydrogens is 256 g/mol. The fourth-order valence-corrected chi connectivity index (χ4v) is 2.88. The van der Waals surface area contributed by atoms with E-state index in [1.54, 1.807) is 12.1 Å². The van der Waals surface area contributed by atoms with Gasteiger partial charge in [0.25, 0.3) is 0 Å². The lowest BCUT2D eigenvalue weighted by Crippen LogP contribution is -2.27. The largest absolute Gasteiger partial charge is 0.410 e. The van der Waals surface area contributed by atoms with Gasteiger partial charge >= 0.3 is 6.09 Å². The molecule has 20 heavy (non-hydrogen) atoms. The van der Waals surface area contributed by atoms with E-state index in [4.69, 9.17) is 16.2 Å². The van der Waals surface area contributed by atoms with Crippen LogP contribution in [0.3, 0.4) is 0 Å². The third-order valence-electron chi connectivity index (χ3n) is 3.81. The minimum atomic E-state index is -0.832. The molecule has 1 aromatic carbocycles. The lowest BCUT2D eigenvalue weighted by atomic mass is 9.86. The van der Waals surface area contributed by atoms with Crippen LogP contribution in [0.25, 0.3) is 11.0 Å². The zero-order chi connectivity index (χ0) is 14.1. The van der Waals surface area contributed by atoms with Crippen molar-refractivity contribution in [3.63, 3.8) is 0 Å². The highest BCUT2D eigenvalue weighted by molar-refractivity contribution is 5.84. The summed E-state index contributed by atoms with van der Waals surface area (Å²) in [5.74, 6) is 1.64. The first-order valence-electron chi connectivity index (χ1n) is 6.85. The van der Waals surface area contributed by atoms with Gasteiger partial charge in [-0.1, -0.05) is 12.5 Å². The average Bonchev–Trinajstić information content (AvgIpc) is 2.83. The molecule has 3 rings (SSSR count). The van der Waals surface area contributed by atoms with Crippen LogP contribution in [-0.4, -0.2) is 22.1 Å². The number of nitrogens with one attached hydrogen (secondary N) is 1. The summed E-state index contributed by atoms with van der Waals surface area (Å²) in [6.07, 6.45) is 3.38.